The Morgan fingerprint density at radius 3 is 2.59 bits per heavy atom. The Morgan fingerprint density at radius 1 is 1.22 bits per heavy atom. The number of nitro benzene ring substituents is 1. The number of ether oxygens (including phenoxy) is 1. The molecule has 0 aromatic heterocycles. The largest absolute Gasteiger partial charge is 0.449 e. The second-order valence-corrected chi connectivity index (χ2v) is 6.19. The zero-order valence-corrected chi connectivity index (χ0v) is 15.5. The van der Waals surface area contributed by atoms with Crippen LogP contribution < -0.4 is 5.32 Å². The van der Waals surface area contributed by atoms with Crippen molar-refractivity contribution in [2.24, 2.45) is 0 Å². The number of nitro groups is 1. The number of hydrogen-bond donors (Lipinski definition) is 1. The number of halogens is 2. The van der Waals surface area contributed by atoms with Gasteiger partial charge < -0.3 is 10.1 Å². The van der Waals surface area contributed by atoms with E-state index in [0.29, 0.717) is 15.6 Å². The molecule has 2 aromatic carbocycles. The molecular formula is C18H14Cl2N2O5. The van der Waals surface area contributed by atoms with E-state index in [-0.39, 0.29) is 11.4 Å². The molecule has 0 aliphatic heterocycles. The summed E-state index contributed by atoms with van der Waals surface area (Å²) in [6, 6.07) is 10.4. The Morgan fingerprint density at radius 2 is 1.93 bits per heavy atom. The third kappa shape index (κ3) is 5.80. The summed E-state index contributed by atoms with van der Waals surface area (Å²) in [5, 5.41) is 14.1. The van der Waals surface area contributed by atoms with Gasteiger partial charge in [-0.1, -0.05) is 41.4 Å². The summed E-state index contributed by atoms with van der Waals surface area (Å²) in [7, 11) is 0. The van der Waals surface area contributed by atoms with Crippen molar-refractivity contribution in [3.8, 4) is 0 Å². The Labute approximate surface area is 164 Å². The Hall–Kier alpha value is -2.90. The Kier molecular flexibility index (Phi) is 6.92. The van der Waals surface area contributed by atoms with Gasteiger partial charge in [0, 0.05) is 22.2 Å². The third-order valence-corrected chi connectivity index (χ3v) is 3.94. The van der Waals surface area contributed by atoms with Crippen molar-refractivity contribution < 1.29 is 19.2 Å². The molecular weight excluding hydrogens is 395 g/mol. The van der Waals surface area contributed by atoms with Crippen LogP contribution in [-0.4, -0.2) is 22.9 Å². The van der Waals surface area contributed by atoms with Crippen LogP contribution in [0.15, 0.2) is 48.5 Å². The maximum absolute atomic E-state index is 12.1. The number of carbonyl (C=O) groups is 2. The van der Waals surface area contributed by atoms with Gasteiger partial charge in [-0.2, -0.15) is 0 Å². The maximum atomic E-state index is 12.1. The first kappa shape index (κ1) is 20.4. The molecule has 9 heteroatoms. The van der Waals surface area contributed by atoms with Crippen LogP contribution in [0.1, 0.15) is 12.5 Å². The smallest absolute Gasteiger partial charge is 0.331 e. The standard InChI is InChI=1S/C18H14Cl2N2O5/c1-11(18(24)21-15-4-2-3-5-16(15)22(25)26)27-17(23)9-7-12-6-8-13(19)10-14(12)20/h2-11H,1H3,(H,21,24)/b9-7+/t11-/m1/s1. The van der Waals surface area contributed by atoms with Crippen LogP contribution in [0, 0.1) is 10.1 Å². The molecule has 1 N–H and O–H groups in total. The summed E-state index contributed by atoms with van der Waals surface area (Å²) >= 11 is 11.8. The molecule has 7 nitrogen and oxygen atoms in total. The average Bonchev–Trinajstić information content (AvgIpc) is 2.61. The molecule has 0 aliphatic rings. The minimum atomic E-state index is -1.16. The van der Waals surface area contributed by atoms with Crippen LogP contribution in [0.2, 0.25) is 10.0 Å². The molecule has 0 spiro atoms. The molecule has 0 radical (unpaired) electrons. The van der Waals surface area contributed by atoms with Crippen molar-refractivity contribution in [3.05, 3.63) is 74.3 Å². The number of nitrogens with zero attached hydrogens (tertiary/aromatic N) is 1. The van der Waals surface area contributed by atoms with Crippen LogP contribution in [0.4, 0.5) is 11.4 Å². The molecule has 0 heterocycles. The highest BCUT2D eigenvalue weighted by Crippen LogP contribution is 2.24. The Bertz CT molecular complexity index is 914. The summed E-state index contributed by atoms with van der Waals surface area (Å²) in [5.41, 5.74) is 0.301. The fraction of sp³-hybridized carbons (Fsp3) is 0.111. The van der Waals surface area contributed by atoms with Crippen LogP contribution in [-0.2, 0) is 14.3 Å². The topological polar surface area (TPSA) is 98.5 Å². The summed E-state index contributed by atoms with van der Waals surface area (Å²) in [4.78, 5) is 34.3. The molecule has 2 aromatic rings. The van der Waals surface area contributed by atoms with E-state index in [9.17, 15) is 19.7 Å². The SMILES string of the molecule is C[C@@H](OC(=O)/C=C/c1ccc(Cl)cc1Cl)C(=O)Nc1ccccc1[N+](=O)[O-]. The second kappa shape index (κ2) is 9.16. The van der Waals surface area contributed by atoms with E-state index in [0.717, 1.165) is 6.08 Å². The van der Waals surface area contributed by atoms with Gasteiger partial charge in [-0.15, -0.1) is 0 Å². The van der Waals surface area contributed by atoms with E-state index < -0.39 is 22.9 Å². The molecule has 2 rings (SSSR count). The summed E-state index contributed by atoms with van der Waals surface area (Å²) in [5.74, 6) is -1.47. The minimum absolute atomic E-state index is 0.0129. The normalized spacial score (nSPS) is 11.8. The lowest BCUT2D eigenvalue weighted by Gasteiger charge is -2.12. The minimum Gasteiger partial charge on any atom is -0.449 e. The lowest BCUT2D eigenvalue weighted by molar-refractivity contribution is -0.383. The fourth-order valence-corrected chi connectivity index (χ4v) is 2.51. The first-order valence-electron chi connectivity index (χ1n) is 7.66. The molecule has 140 valence electrons. The zero-order chi connectivity index (χ0) is 20.0. The van der Waals surface area contributed by atoms with Gasteiger partial charge in [-0.3, -0.25) is 14.9 Å². The van der Waals surface area contributed by atoms with Gasteiger partial charge in [-0.25, -0.2) is 4.79 Å². The second-order valence-electron chi connectivity index (χ2n) is 5.34. The van der Waals surface area contributed by atoms with Gasteiger partial charge >= 0.3 is 5.97 Å². The van der Waals surface area contributed by atoms with Crippen LogP contribution in [0.3, 0.4) is 0 Å². The summed E-state index contributed by atoms with van der Waals surface area (Å²) in [6.07, 6.45) is 1.37. The molecule has 0 saturated carbocycles. The van der Waals surface area contributed by atoms with Crippen LogP contribution >= 0.6 is 23.2 Å². The first-order valence-corrected chi connectivity index (χ1v) is 8.41. The molecule has 0 aliphatic carbocycles. The maximum Gasteiger partial charge on any atom is 0.331 e. The quantitative estimate of drug-likeness (QED) is 0.328. The summed E-state index contributed by atoms with van der Waals surface area (Å²) in [6.45, 7) is 1.35. The first-order chi connectivity index (χ1) is 12.8. The van der Waals surface area contributed by atoms with Crippen molar-refractivity contribution >= 4 is 52.5 Å². The van der Waals surface area contributed by atoms with Crippen LogP contribution in [0.25, 0.3) is 6.08 Å². The fourth-order valence-electron chi connectivity index (χ4n) is 2.03. The van der Waals surface area contributed by atoms with Gasteiger partial charge in [0.25, 0.3) is 11.6 Å². The average molecular weight is 409 g/mol. The van der Waals surface area contributed by atoms with Crippen molar-refractivity contribution in [2.45, 2.75) is 13.0 Å². The van der Waals surface area contributed by atoms with Crippen molar-refractivity contribution in [3.63, 3.8) is 0 Å². The number of nitrogens with one attached hydrogen (secondary N) is 1. The van der Waals surface area contributed by atoms with E-state index >= 15 is 0 Å². The number of amides is 1. The molecule has 0 saturated heterocycles. The van der Waals surface area contributed by atoms with E-state index in [1.807, 2.05) is 0 Å². The zero-order valence-electron chi connectivity index (χ0n) is 14.0. The molecule has 1 amide bonds. The monoisotopic (exact) mass is 408 g/mol. The van der Waals surface area contributed by atoms with Gasteiger partial charge in [-0.05, 0) is 36.8 Å². The van der Waals surface area contributed by atoms with Crippen molar-refractivity contribution in [1.82, 2.24) is 0 Å². The molecule has 0 bridgehead atoms. The van der Waals surface area contributed by atoms with Crippen LogP contribution in [0.5, 0.6) is 0 Å². The van der Waals surface area contributed by atoms with Crippen molar-refractivity contribution in [2.75, 3.05) is 5.32 Å². The number of esters is 1. The molecule has 0 fully saturated rings. The number of rotatable bonds is 6. The predicted octanol–water partition coefficient (Wildman–Crippen LogP) is 4.49. The van der Waals surface area contributed by atoms with Crippen molar-refractivity contribution in [1.29, 1.82) is 0 Å². The van der Waals surface area contributed by atoms with E-state index in [1.165, 1.54) is 43.3 Å². The number of anilines is 1. The van der Waals surface area contributed by atoms with Gasteiger partial charge in [0.05, 0.1) is 4.92 Å². The lowest BCUT2D eigenvalue weighted by atomic mass is 10.2. The van der Waals surface area contributed by atoms with E-state index in [4.69, 9.17) is 27.9 Å². The highest BCUT2D eigenvalue weighted by atomic mass is 35.5. The predicted molar refractivity (Wildman–Crippen MR) is 103 cm³/mol. The Balaban J connectivity index is 1.98. The molecule has 1 atom stereocenters. The van der Waals surface area contributed by atoms with Gasteiger partial charge in [0.2, 0.25) is 0 Å². The lowest BCUT2D eigenvalue weighted by Crippen LogP contribution is -2.29. The van der Waals surface area contributed by atoms with E-state index in [1.54, 1.807) is 12.1 Å². The number of benzene rings is 2. The van der Waals surface area contributed by atoms with Gasteiger partial charge in [0.15, 0.2) is 6.10 Å². The van der Waals surface area contributed by atoms with E-state index in [2.05, 4.69) is 5.32 Å². The highest BCUT2D eigenvalue weighted by Gasteiger charge is 2.20. The highest BCUT2D eigenvalue weighted by molar-refractivity contribution is 6.35. The number of para-hydroxylation sites is 2. The molecule has 0 unspecified atom stereocenters. The summed E-state index contributed by atoms with van der Waals surface area (Å²) < 4.78 is 4.99. The van der Waals surface area contributed by atoms with Gasteiger partial charge in [0.1, 0.15) is 5.69 Å². The third-order valence-electron chi connectivity index (χ3n) is 3.38. The number of hydrogen-bond acceptors (Lipinski definition) is 5. The number of carbonyl (C=O) groups excluding carboxylic acids is 2. The molecule has 27 heavy (non-hydrogen) atoms.